The van der Waals surface area contributed by atoms with Gasteiger partial charge in [-0.1, -0.05) is 12.1 Å². The van der Waals surface area contributed by atoms with Crippen molar-refractivity contribution in [2.75, 3.05) is 32.1 Å². The van der Waals surface area contributed by atoms with Gasteiger partial charge < -0.3 is 15.1 Å². The quantitative estimate of drug-likeness (QED) is 0.902. The van der Waals surface area contributed by atoms with Crippen LogP contribution >= 0.6 is 0 Å². The highest BCUT2D eigenvalue weighted by Gasteiger charge is 2.20. The summed E-state index contributed by atoms with van der Waals surface area (Å²) in [6, 6.07) is 12.2. The van der Waals surface area contributed by atoms with Crippen LogP contribution in [0.2, 0.25) is 0 Å². The Hall–Kier alpha value is -2.47. The Morgan fingerprint density at radius 1 is 1.32 bits per heavy atom. The Morgan fingerprint density at radius 3 is 2.96 bits per heavy atom. The van der Waals surface area contributed by atoms with Gasteiger partial charge in [-0.05, 0) is 42.7 Å². The van der Waals surface area contributed by atoms with Crippen molar-refractivity contribution in [1.29, 1.82) is 0 Å². The zero-order chi connectivity index (χ0) is 17.6. The van der Waals surface area contributed by atoms with Crippen molar-refractivity contribution in [3.63, 3.8) is 0 Å². The largest absolute Gasteiger partial charge is 0.354 e. The average molecular weight is 339 g/mol. The van der Waals surface area contributed by atoms with E-state index in [0.717, 1.165) is 49.4 Å². The fourth-order valence-corrected chi connectivity index (χ4v) is 3.15. The van der Waals surface area contributed by atoms with Crippen LogP contribution in [0.15, 0.2) is 42.6 Å². The number of anilines is 1. The molecule has 1 unspecified atom stereocenters. The first-order valence-corrected chi connectivity index (χ1v) is 8.70. The molecule has 0 bridgehead atoms. The van der Waals surface area contributed by atoms with E-state index in [1.807, 2.05) is 30.3 Å². The fraction of sp³-hybridized carbons (Fsp3) is 0.421. The van der Waals surface area contributed by atoms with Crippen LogP contribution in [0.4, 0.5) is 5.82 Å². The summed E-state index contributed by atoms with van der Waals surface area (Å²) in [5, 5.41) is 11.8. The number of rotatable bonds is 5. The summed E-state index contributed by atoms with van der Waals surface area (Å²) in [4.78, 5) is 16.0. The van der Waals surface area contributed by atoms with E-state index in [2.05, 4.69) is 26.5 Å². The van der Waals surface area contributed by atoms with Gasteiger partial charge in [0.15, 0.2) is 5.82 Å². The van der Waals surface area contributed by atoms with Gasteiger partial charge in [-0.3, -0.25) is 4.79 Å². The number of benzene rings is 1. The molecule has 1 aromatic carbocycles. The van der Waals surface area contributed by atoms with Crippen molar-refractivity contribution in [3.05, 3.63) is 53.7 Å². The molecule has 0 saturated carbocycles. The molecule has 1 aliphatic rings. The van der Waals surface area contributed by atoms with Gasteiger partial charge in [0, 0.05) is 51.5 Å². The maximum Gasteiger partial charge on any atom is 0.253 e. The molecule has 1 aliphatic heterocycles. The molecule has 6 nitrogen and oxygen atoms in total. The Bertz CT molecular complexity index is 704. The molecule has 1 fully saturated rings. The van der Waals surface area contributed by atoms with Crippen LogP contribution in [0.3, 0.4) is 0 Å². The molecular formula is C19H25N5O. The van der Waals surface area contributed by atoms with Crippen LogP contribution < -0.4 is 10.2 Å². The smallest absolute Gasteiger partial charge is 0.253 e. The predicted octanol–water partition coefficient (Wildman–Crippen LogP) is 1.94. The molecule has 1 saturated heterocycles. The Balaban J connectivity index is 1.58. The first-order chi connectivity index (χ1) is 12.1. The van der Waals surface area contributed by atoms with Crippen molar-refractivity contribution in [3.8, 4) is 0 Å². The van der Waals surface area contributed by atoms with Crippen LogP contribution in [0.25, 0.3) is 0 Å². The molecule has 0 spiro atoms. The summed E-state index contributed by atoms with van der Waals surface area (Å²) in [5.74, 6) is 0.973. The zero-order valence-electron chi connectivity index (χ0n) is 14.9. The number of amides is 1. The van der Waals surface area contributed by atoms with Crippen molar-refractivity contribution in [2.24, 2.45) is 0 Å². The van der Waals surface area contributed by atoms with Gasteiger partial charge in [0.25, 0.3) is 5.91 Å². The zero-order valence-corrected chi connectivity index (χ0v) is 14.9. The van der Waals surface area contributed by atoms with E-state index in [1.54, 1.807) is 25.2 Å². The molecule has 3 rings (SSSR count). The van der Waals surface area contributed by atoms with Crippen LogP contribution in [-0.4, -0.2) is 54.2 Å². The number of hydrogen-bond donors (Lipinski definition) is 1. The van der Waals surface area contributed by atoms with E-state index < -0.39 is 0 Å². The van der Waals surface area contributed by atoms with Gasteiger partial charge in [-0.2, -0.15) is 5.10 Å². The number of nitrogens with zero attached hydrogens (tertiary/aromatic N) is 4. The number of piperidine rings is 1. The molecule has 6 heteroatoms. The summed E-state index contributed by atoms with van der Waals surface area (Å²) in [7, 11) is 3.55. The highest BCUT2D eigenvalue weighted by molar-refractivity contribution is 5.94. The van der Waals surface area contributed by atoms with Crippen LogP contribution in [0.1, 0.15) is 28.8 Å². The fourth-order valence-electron chi connectivity index (χ4n) is 3.15. The minimum atomic E-state index is 0.0355. The third-order valence-corrected chi connectivity index (χ3v) is 4.48. The van der Waals surface area contributed by atoms with Crippen LogP contribution in [-0.2, 0) is 6.54 Å². The summed E-state index contributed by atoms with van der Waals surface area (Å²) in [6.45, 7) is 2.70. The summed E-state index contributed by atoms with van der Waals surface area (Å²) in [5.41, 5.74) is 1.86. The van der Waals surface area contributed by atoms with Gasteiger partial charge in [0.1, 0.15) is 0 Å². The van der Waals surface area contributed by atoms with E-state index in [0.29, 0.717) is 6.04 Å². The number of nitrogens with one attached hydrogen (secondary N) is 1. The molecule has 1 atom stereocenters. The molecule has 0 aliphatic carbocycles. The van der Waals surface area contributed by atoms with Crippen molar-refractivity contribution in [2.45, 2.75) is 25.4 Å². The number of carbonyl (C=O) groups excluding carboxylic acids is 1. The molecule has 1 aromatic heterocycles. The van der Waals surface area contributed by atoms with Crippen molar-refractivity contribution in [1.82, 2.24) is 20.4 Å². The number of aromatic nitrogens is 2. The Labute approximate surface area is 148 Å². The SMILES string of the molecule is CN(C)C(=O)c1cccc(CNC2CCCN(c3cccnn3)C2)c1. The molecule has 2 aromatic rings. The lowest BCUT2D eigenvalue weighted by molar-refractivity contribution is 0.0827. The summed E-state index contributed by atoms with van der Waals surface area (Å²) in [6.07, 6.45) is 3.98. The second-order valence-corrected chi connectivity index (χ2v) is 6.65. The molecule has 2 heterocycles. The topological polar surface area (TPSA) is 61.4 Å². The first kappa shape index (κ1) is 17.4. The van der Waals surface area contributed by atoms with Crippen LogP contribution in [0.5, 0.6) is 0 Å². The highest BCUT2D eigenvalue weighted by atomic mass is 16.2. The normalized spacial score (nSPS) is 17.4. The lowest BCUT2D eigenvalue weighted by atomic mass is 10.0. The standard InChI is InChI=1S/C19H25N5O/c1-23(2)19(25)16-7-3-6-15(12-16)13-20-17-8-5-11-24(14-17)18-9-4-10-21-22-18/h3-4,6-7,9-10,12,17,20H,5,8,11,13-14H2,1-2H3. The first-order valence-electron chi connectivity index (χ1n) is 8.70. The summed E-state index contributed by atoms with van der Waals surface area (Å²) < 4.78 is 0. The molecule has 25 heavy (non-hydrogen) atoms. The lowest BCUT2D eigenvalue weighted by Crippen LogP contribution is -2.45. The summed E-state index contributed by atoms with van der Waals surface area (Å²) >= 11 is 0. The van der Waals surface area contributed by atoms with E-state index in [1.165, 1.54) is 0 Å². The third kappa shape index (κ3) is 4.54. The predicted molar refractivity (Wildman–Crippen MR) is 98.6 cm³/mol. The maximum absolute atomic E-state index is 12.1. The second-order valence-electron chi connectivity index (χ2n) is 6.65. The maximum atomic E-state index is 12.1. The highest BCUT2D eigenvalue weighted by Crippen LogP contribution is 2.17. The Morgan fingerprint density at radius 2 is 2.20 bits per heavy atom. The minimum Gasteiger partial charge on any atom is -0.354 e. The van der Waals surface area contributed by atoms with E-state index in [-0.39, 0.29) is 5.91 Å². The number of hydrogen-bond acceptors (Lipinski definition) is 5. The average Bonchev–Trinajstić information content (AvgIpc) is 2.67. The van der Waals surface area contributed by atoms with Gasteiger partial charge >= 0.3 is 0 Å². The third-order valence-electron chi connectivity index (χ3n) is 4.48. The van der Waals surface area contributed by atoms with Crippen molar-refractivity contribution >= 4 is 11.7 Å². The minimum absolute atomic E-state index is 0.0355. The number of carbonyl (C=O) groups is 1. The van der Waals surface area contributed by atoms with Gasteiger partial charge in [-0.15, -0.1) is 5.10 Å². The molecule has 1 amide bonds. The molecular weight excluding hydrogens is 314 g/mol. The molecule has 0 radical (unpaired) electrons. The van der Waals surface area contributed by atoms with Gasteiger partial charge in [0.2, 0.25) is 0 Å². The van der Waals surface area contributed by atoms with E-state index in [9.17, 15) is 4.79 Å². The van der Waals surface area contributed by atoms with E-state index >= 15 is 0 Å². The monoisotopic (exact) mass is 339 g/mol. The lowest BCUT2D eigenvalue weighted by Gasteiger charge is -2.33. The Kier molecular flexibility index (Phi) is 5.60. The van der Waals surface area contributed by atoms with Gasteiger partial charge in [-0.25, -0.2) is 0 Å². The van der Waals surface area contributed by atoms with Gasteiger partial charge in [0.05, 0.1) is 0 Å². The van der Waals surface area contributed by atoms with Crippen LogP contribution in [0, 0.1) is 0 Å². The van der Waals surface area contributed by atoms with Crippen molar-refractivity contribution < 1.29 is 4.79 Å². The molecule has 132 valence electrons. The molecule has 1 N–H and O–H groups in total. The van der Waals surface area contributed by atoms with E-state index in [4.69, 9.17) is 0 Å². The second kappa shape index (κ2) is 8.07.